The van der Waals surface area contributed by atoms with E-state index in [1.165, 1.54) is 5.56 Å². The van der Waals surface area contributed by atoms with Crippen LogP contribution in [0.2, 0.25) is 0 Å². The van der Waals surface area contributed by atoms with Gasteiger partial charge >= 0.3 is 0 Å². The summed E-state index contributed by atoms with van der Waals surface area (Å²) in [6, 6.07) is 10.3. The van der Waals surface area contributed by atoms with Gasteiger partial charge in [-0.3, -0.25) is 9.48 Å². The van der Waals surface area contributed by atoms with Gasteiger partial charge in [0.2, 0.25) is 0 Å². The highest BCUT2D eigenvalue weighted by molar-refractivity contribution is 5.80. The quantitative estimate of drug-likeness (QED) is 0.780. The first-order valence-corrected chi connectivity index (χ1v) is 6.27. The van der Waals surface area contributed by atoms with Crippen LogP contribution in [0, 0.1) is 0 Å². The summed E-state index contributed by atoms with van der Waals surface area (Å²) in [6.07, 6.45) is 6.69. The maximum atomic E-state index is 11.8. The van der Waals surface area contributed by atoms with E-state index < -0.39 is 0 Å². The van der Waals surface area contributed by atoms with Crippen LogP contribution >= 0.6 is 0 Å². The molecule has 1 aromatic carbocycles. The molecule has 0 unspecified atom stereocenters. The summed E-state index contributed by atoms with van der Waals surface area (Å²) in [6.45, 7) is 0. The smallest absolute Gasteiger partial charge is 0.137 e. The molecule has 0 bridgehead atoms. The topological polar surface area (TPSA) is 34.9 Å². The van der Waals surface area contributed by atoms with Crippen molar-refractivity contribution in [1.82, 2.24) is 9.78 Å². The Kier molecular flexibility index (Phi) is 4.29. The lowest BCUT2D eigenvalue weighted by atomic mass is 10.0. The van der Waals surface area contributed by atoms with Crippen LogP contribution in [0.1, 0.15) is 24.0 Å². The Morgan fingerprint density at radius 2 is 2.00 bits per heavy atom. The Morgan fingerprint density at radius 1 is 1.22 bits per heavy atom. The van der Waals surface area contributed by atoms with E-state index in [1.807, 2.05) is 31.4 Å². The molecule has 1 heterocycles. The average molecular weight is 242 g/mol. The predicted molar refractivity (Wildman–Crippen MR) is 71.3 cm³/mol. The summed E-state index contributed by atoms with van der Waals surface area (Å²) < 4.78 is 1.73. The fourth-order valence-electron chi connectivity index (χ4n) is 2.01. The number of hydrogen-bond donors (Lipinski definition) is 0. The van der Waals surface area contributed by atoms with Crippen molar-refractivity contribution in [3.63, 3.8) is 0 Å². The maximum absolute atomic E-state index is 11.8. The fraction of sp³-hybridized carbons (Fsp3) is 0.333. The molecule has 0 atom stereocenters. The van der Waals surface area contributed by atoms with Crippen LogP contribution in [0.15, 0.2) is 42.7 Å². The van der Waals surface area contributed by atoms with Gasteiger partial charge in [0.1, 0.15) is 5.78 Å². The van der Waals surface area contributed by atoms with Crippen LogP contribution in [0.3, 0.4) is 0 Å². The van der Waals surface area contributed by atoms with Gasteiger partial charge < -0.3 is 0 Å². The highest BCUT2D eigenvalue weighted by Crippen LogP contribution is 2.07. The number of aryl methyl sites for hydroxylation is 2. The molecule has 0 N–H and O–H groups in total. The Labute approximate surface area is 107 Å². The molecule has 0 spiro atoms. The molecule has 0 saturated heterocycles. The molecule has 0 fully saturated rings. The molecule has 0 aliphatic heterocycles. The average Bonchev–Trinajstić information content (AvgIpc) is 2.76. The Morgan fingerprint density at radius 3 is 2.67 bits per heavy atom. The minimum atomic E-state index is 0.291. The normalized spacial score (nSPS) is 10.5. The van der Waals surface area contributed by atoms with E-state index in [1.54, 1.807) is 10.9 Å². The van der Waals surface area contributed by atoms with Gasteiger partial charge in [0.25, 0.3) is 0 Å². The summed E-state index contributed by atoms with van der Waals surface area (Å²) in [5.74, 6) is 0.291. The Balaban J connectivity index is 1.72. The zero-order valence-corrected chi connectivity index (χ0v) is 10.7. The Hall–Kier alpha value is -1.90. The van der Waals surface area contributed by atoms with Gasteiger partial charge in [-0.05, 0) is 24.0 Å². The van der Waals surface area contributed by atoms with Crippen molar-refractivity contribution in [1.29, 1.82) is 0 Å². The molecular formula is C15H18N2O. The van der Waals surface area contributed by atoms with E-state index in [4.69, 9.17) is 0 Å². The third-order valence-corrected chi connectivity index (χ3v) is 2.92. The van der Waals surface area contributed by atoms with E-state index >= 15 is 0 Å². The molecule has 2 rings (SSSR count). The van der Waals surface area contributed by atoms with Gasteiger partial charge in [-0.1, -0.05) is 30.3 Å². The van der Waals surface area contributed by atoms with E-state index in [0.717, 1.165) is 18.4 Å². The molecule has 0 radical (unpaired) electrons. The number of carbonyl (C=O) groups is 1. The van der Waals surface area contributed by atoms with Crippen molar-refractivity contribution < 1.29 is 4.79 Å². The van der Waals surface area contributed by atoms with Crippen molar-refractivity contribution in [2.75, 3.05) is 0 Å². The van der Waals surface area contributed by atoms with E-state index in [-0.39, 0.29) is 0 Å². The van der Waals surface area contributed by atoms with Gasteiger partial charge in [-0.15, -0.1) is 0 Å². The summed E-state index contributed by atoms with van der Waals surface area (Å²) in [5.41, 5.74) is 2.30. The number of benzene rings is 1. The van der Waals surface area contributed by atoms with Crippen molar-refractivity contribution >= 4 is 5.78 Å². The Bertz CT molecular complexity index is 502. The summed E-state index contributed by atoms with van der Waals surface area (Å²) >= 11 is 0. The van der Waals surface area contributed by atoms with Gasteiger partial charge in [0, 0.05) is 26.1 Å². The second-order valence-corrected chi connectivity index (χ2v) is 4.58. The molecule has 2 aromatic rings. The van der Waals surface area contributed by atoms with Gasteiger partial charge in [-0.2, -0.15) is 5.10 Å². The highest BCUT2D eigenvalue weighted by atomic mass is 16.1. The number of Topliss-reactive ketones (excluding diaryl/α,β-unsaturated/α-hetero) is 1. The predicted octanol–water partition coefficient (Wildman–Crippen LogP) is 2.55. The highest BCUT2D eigenvalue weighted by Gasteiger charge is 2.05. The second kappa shape index (κ2) is 6.15. The molecule has 0 amide bonds. The van der Waals surface area contributed by atoms with Crippen LogP contribution in [0.5, 0.6) is 0 Å². The summed E-state index contributed by atoms with van der Waals surface area (Å²) in [4.78, 5) is 11.8. The summed E-state index contributed by atoms with van der Waals surface area (Å²) in [7, 11) is 1.86. The van der Waals surface area contributed by atoms with Gasteiger partial charge in [0.15, 0.2) is 0 Å². The zero-order chi connectivity index (χ0) is 12.8. The SMILES string of the molecule is Cn1cc(CC(=O)CCCc2ccccc2)cn1. The van der Waals surface area contributed by atoms with Crippen LogP contribution in [0.4, 0.5) is 0 Å². The fourth-order valence-corrected chi connectivity index (χ4v) is 2.01. The van der Waals surface area contributed by atoms with Gasteiger partial charge in [0.05, 0.1) is 6.20 Å². The van der Waals surface area contributed by atoms with E-state index in [0.29, 0.717) is 18.6 Å². The molecule has 3 nitrogen and oxygen atoms in total. The number of rotatable bonds is 6. The standard InChI is InChI=1S/C15H18N2O/c1-17-12-14(11-16-17)10-15(18)9-5-8-13-6-3-2-4-7-13/h2-4,6-7,11-12H,5,8-10H2,1H3. The number of nitrogens with zero attached hydrogens (tertiary/aromatic N) is 2. The molecule has 3 heteroatoms. The lowest BCUT2D eigenvalue weighted by Crippen LogP contribution is -2.02. The van der Waals surface area contributed by atoms with Crippen molar-refractivity contribution in [3.05, 3.63) is 53.9 Å². The lowest BCUT2D eigenvalue weighted by molar-refractivity contribution is -0.118. The summed E-state index contributed by atoms with van der Waals surface area (Å²) in [5, 5.41) is 4.06. The number of hydrogen-bond acceptors (Lipinski definition) is 2. The number of ketones is 1. The van der Waals surface area contributed by atoms with Crippen LogP contribution < -0.4 is 0 Å². The van der Waals surface area contributed by atoms with Crippen LogP contribution in [0.25, 0.3) is 0 Å². The first-order valence-electron chi connectivity index (χ1n) is 6.27. The molecule has 0 aliphatic rings. The number of aromatic nitrogens is 2. The van der Waals surface area contributed by atoms with E-state index in [9.17, 15) is 4.79 Å². The van der Waals surface area contributed by atoms with E-state index in [2.05, 4.69) is 17.2 Å². The van der Waals surface area contributed by atoms with Crippen LogP contribution in [-0.4, -0.2) is 15.6 Å². The molecule has 94 valence electrons. The molecular weight excluding hydrogens is 224 g/mol. The molecule has 0 aliphatic carbocycles. The third-order valence-electron chi connectivity index (χ3n) is 2.92. The minimum absolute atomic E-state index is 0.291. The molecule has 1 aromatic heterocycles. The van der Waals surface area contributed by atoms with Crippen molar-refractivity contribution in [3.8, 4) is 0 Å². The first-order chi connectivity index (χ1) is 8.74. The van der Waals surface area contributed by atoms with Crippen molar-refractivity contribution in [2.24, 2.45) is 7.05 Å². The lowest BCUT2D eigenvalue weighted by Gasteiger charge is -2.00. The third kappa shape index (κ3) is 3.84. The minimum Gasteiger partial charge on any atom is -0.299 e. The maximum Gasteiger partial charge on any atom is 0.137 e. The first kappa shape index (κ1) is 12.6. The molecule has 0 saturated carbocycles. The van der Waals surface area contributed by atoms with Gasteiger partial charge in [-0.25, -0.2) is 0 Å². The zero-order valence-electron chi connectivity index (χ0n) is 10.7. The monoisotopic (exact) mass is 242 g/mol. The van der Waals surface area contributed by atoms with Crippen molar-refractivity contribution in [2.45, 2.75) is 25.7 Å². The number of carbonyl (C=O) groups excluding carboxylic acids is 1. The second-order valence-electron chi connectivity index (χ2n) is 4.58. The van der Waals surface area contributed by atoms with Crippen LogP contribution in [-0.2, 0) is 24.7 Å². The largest absolute Gasteiger partial charge is 0.299 e. The molecule has 18 heavy (non-hydrogen) atoms.